The molecule has 1 saturated carbocycles. The number of methoxy groups -OCH3 is 1. The van der Waals surface area contributed by atoms with E-state index >= 15 is 0 Å². The zero-order chi connectivity index (χ0) is 16.9. The van der Waals surface area contributed by atoms with Crippen LogP contribution in [-0.4, -0.2) is 19.1 Å². The lowest BCUT2D eigenvalue weighted by molar-refractivity contribution is -0.123. The average molecular weight is 328 g/mol. The van der Waals surface area contributed by atoms with Gasteiger partial charge < -0.3 is 10.1 Å². The topological polar surface area (TPSA) is 50.4 Å². The third kappa shape index (κ3) is 4.32. The Balaban J connectivity index is 1.73. The molecule has 4 nitrogen and oxygen atoms in total. The van der Waals surface area contributed by atoms with Crippen LogP contribution in [-0.2, 0) is 11.3 Å². The molecule has 0 bridgehead atoms. The van der Waals surface area contributed by atoms with Crippen LogP contribution in [0.2, 0.25) is 0 Å². The summed E-state index contributed by atoms with van der Waals surface area (Å²) in [5.74, 6) is 0.384. The van der Waals surface area contributed by atoms with E-state index in [9.17, 15) is 9.18 Å². The Labute approximate surface area is 141 Å². The number of rotatable bonds is 7. The maximum atomic E-state index is 13.2. The molecule has 2 aromatic carbocycles. The van der Waals surface area contributed by atoms with Crippen molar-refractivity contribution in [3.05, 3.63) is 65.5 Å². The van der Waals surface area contributed by atoms with Gasteiger partial charge in [0.1, 0.15) is 17.6 Å². The summed E-state index contributed by atoms with van der Waals surface area (Å²) < 4.78 is 18.4. The lowest BCUT2D eigenvalue weighted by Gasteiger charge is -2.19. The molecule has 3 rings (SSSR count). The first kappa shape index (κ1) is 16.5. The van der Waals surface area contributed by atoms with Crippen molar-refractivity contribution in [1.29, 1.82) is 0 Å². The Hall–Kier alpha value is -2.40. The zero-order valence-electron chi connectivity index (χ0n) is 13.6. The standard InChI is InChI=1S/C19H21FN2O2/c1-24-17-4-2-3-13(11-17)12-21-18(19(23)22-16-9-10-16)14-5-7-15(20)8-6-14/h2-8,11,16,18,21H,9-10,12H2,1H3,(H,22,23)/t18-/m1/s1. The molecule has 5 heteroatoms. The van der Waals surface area contributed by atoms with Crippen LogP contribution in [0.4, 0.5) is 4.39 Å². The van der Waals surface area contributed by atoms with E-state index in [-0.39, 0.29) is 17.8 Å². The normalized spacial score (nSPS) is 14.9. The van der Waals surface area contributed by atoms with Crippen LogP contribution in [0.1, 0.15) is 30.0 Å². The molecule has 1 atom stereocenters. The van der Waals surface area contributed by atoms with Crippen molar-refractivity contribution in [1.82, 2.24) is 10.6 Å². The maximum Gasteiger partial charge on any atom is 0.241 e. The highest BCUT2D eigenvalue weighted by atomic mass is 19.1. The van der Waals surface area contributed by atoms with Gasteiger partial charge in [0.05, 0.1) is 7.11 Å². The molecule has 1 fully saturated rings. The number of carbonyl (C=O) groups is 1. The van der Waals surface area contributed by atoms with Gasteiger partial charge in [0.15, 0.2) is 0 Å². The number of amides is 1. The highest BCUT2D eigenvalue weighted by Crippen LogP contribution is 2.22. The Morgan fingerprint density at radius 1 is 1.25 bits per heavy atom. The van der Waals surface area contributed by atoms with Gasteiger partial charge in [-0.25, -0.2) is 4.39 Å². The largest absolute Gasteiger partial charge is 0.497 e. The van der Waals surface area contributed by atoms with Gasteiger partial charge in [0, 0.05) is 12.6 Å². The molecule has 2 N–H and O–H groups in total. The van der Waals surface area contributed by atoms with Crippen LogP contribution in [0.15, 0.2) is 48.5 Å². The molecule has 0 aliphatic heterocycles. The van der Waals surface area contributed by atoms with Gasteiger partial charge in [0.2, 0.25) is 5.91 Å². The summed E-state index contributed by atoms with van der Waals surface area (Å²) in [4.78, 5) is 12.5. The van der Waals surface area contributed by atoms with E-state index in [0.29, 0.717) is 6.54 Å². The first-order chi connectivity index (χ1) is 11.7. The van der Waals surface area contributed by atoms with Gasteiger partial charge in [0.25, 0.3) is 0 Å². The van der Waals surface area contributed by atoms with Crippen molar-refractivity contribution in [3.63, 3.8) is 0 Å². The molecular formula is C19H21FN2O2. The summed E-state index contributed by atoms with van der Waals surface area (Å²) in [5.41, 5.74) is 1.76. The van der Waals surface area contributed by atoms with Crippen LogP contribution >= 0.6 is 0 Å². The molecule has 0 heterocycles. The Kier molecular flexibility index (Phi) is 5.11. The van der Waals surface area contributed by atoms with Crippen LogP contribution < -0.4 is 15.4 Å². The van der Waals surface area contributed by atoms with Crippen LogP contribution in [0, 0.1) is 5.82 Å². The van der Waals surface area contributed by atoms with E-state index in [1.807, 2.05) is 24.3 Å². The van der Waals surface area contributed by atoms with Crippen molar-refractivity contribution in [3.8, 4) is 5.75 Å². The number of hydrogen-bond donors (Lipinski definition) is 2. The quantitative estimate of drug-likeness (QED) is 0.822. The summed E-state index contributed by atoms with van der Waals surface area (Å²) in [5, 5.41) is 6.27. The van der Waals surface area contributed by atoms with E-state index in [1.54, 1.807) is 19.2 Å². The van der Waals surface area contributed by atoms with E-state index in [4.69, 9.17) is 4.74 Å². The van der Waals surface area contributed by atoms with Gasteiger partial charge in [-0.2, -0.15) is 0 Å². The van der Waals surface area contributed by atoms with Crippen LogP contribution in [0.25, 0.3) is 0 Å². The highest BCUT2D eigenvalue weighted by molar-refractivity contribution is 5.83. The lowest BCUT2D eigenvalue weighted by atomic mass is 10.1. The molecule has 1 aliphatic rings. The summed E-state index contributed by atoms with van der Waals surface area (Å²) in [6.07, 6.45) is 2.05. The number of halogens is 1. The minimum Gasteiger partial charge on any atom is -0.497 e. The minimum atomic E-state index is -0.516. The molecule has 0 saturated heterocycles. The van der Waals surface area contributed by atoms with Gasteiger partial charge in [-0.3, -0.25) is 10.1 Å². The van der Waals surface area contributed by atoms with Crippen molar-refractivity contribution in [2.75, 3.05) is 7.11 Å². The fourth-order valence-corrected chi connectivity index (χ4v) is 2.53. The average Bonchev–Trinajstić information content (AvgIpc) is 3.41. The molecule has 2 aromatic rings. The molecular weight excluding hydrogens is 307 g/mol. The summed E-state index contributed by atoms with van der Waals surface area (Å²) in [7, 11) is 1.62. The van der Waals surface area contributed by atoms with Crippen LogP contribution in [0.5, 0.6) is 5.75 Å². The van der Waals surface area contributed by atoms with Gasteiger partial charge >= 0.3 is 0 Å². The minimum absolute atomic E-state index is 0.0768. The third-order valence-corrected chi connectivity index (χ3v) is 4.03. The number of benzene rings is 2. The predicted molar refractivity (Wildman–Crippen MR) is 90.1 cm³/mol. The number of ether oxygens (including phenoxy) is 1. The maximum absolute atomic E-state index is 13.2. The van der Waals surface area contributed by atoms with E-state index < -0.39 is 6.04 Å². The molecule has 1 aliphatic carbocycles. The first-order valence-corrected chi connectivity index (χ1v) is 8.08. The first-order valence-electron chi connectivity index (χ1n) is 8.08. The van der Waals surface area contributed by atoms with E-state index in [1.165, 1.54) is 12.1 Å². The van der Waals surface area contributed by atoms with Gasteiger partial charge in [-0.15, -0.1) is 0 Å². The van der Waals surface area contributed by atoms with Gasteiger partial charge in [-0.05, 0) is 48.2 Å². The lowest BCUT2D eigenvalue weighted by Crippen LogP contribution is -2.38. The molecule has 0 spiro atoms. The predicted octanol–water partition coefficient (Wildman–Crippen LogP) is 2.94. The van der Waals surface area contributed by atoms with Crippen molar-refractivity contribution < 1.29 is 13.9 Å². The van der Waals surface area contributed by atoms with Crippen LogP contribution in [0.3, 0.4) is 0 Å². The fraction of sp³-hybridized carbons (Fsp3) is 0.316. The molecule has 0 aromatic heterocycles. The Morgan fingerprint density at radius 3 is 2.67 bits per heavy atom. The fourth-order valence-electron chi connectivity index (χ4n) is 2.53. The second kappa shape index (κ2) is 7.45. The second-order valence-corrected chi connectivity index (χ2v) is 6.00. The molecule has 24 heavy (non-hydrogen) atoms. The SMILES string of the molecule is COc1cccc(CN[C@@H](C(=O)NC2CC2)c2ccc(F)cc2)c1. The second-order valence-electron chi connectivity index (χ2n) is 6.00. The monoisotopic (exact) mass is 328 g/mol. The molecule has 0 unspecified atom stereocenters. The molecule has 1 amide bonds. The van der Waals surface area contributed by atoms with E-state index in [0.717, 1.165) is 29.7 Å². The summed E-state index contributed by atoms with van der Waals surface area (Å²) >= 11 is 0. The summed E-state index contributed by atoms with van der Waals surface area (Å²) in [6.45, 7) is 0.511. The van der Waals surface area contributed by atoms with Crippen molar-refractivity contribution >= 4 is 5.91 Å². The zero-order valence-corrected chi connectivity index (χ0v) is 13.6. The number of carbonyl (C=O) groups excluding carboxylic acids is 1. The van der Waals surface area contributed by atoms with Crippen molar-refractivity contribution in [2.45, 2.75) is 31.5 Å². The Morgan fingerprint density at radius 2 is 2.00 bits per heavy atom. The van der Waals surface area contributed by atoms with Gasteiger partial charge in [-0.1, -0.05) is 24.3 Å². The molecule has 0 radical (unpaired) electrons. The number of nitrogens with one attached hydrogen (secondary N) is 2. The van der Waals surface area contributed by atoms with Crippen molar-refractivity contribution in [2.24, 2.45) is 0 Å². The Bertz CT molecular complexity index is 699. The smallest absolute Gasteiger partial charge is 0.241 e. The molecule has 126 valence electrons. The third-order valence-electron chi connectivity index (χ3n) is 4.03. The summed E-state index contributed by atoms with van der Waals surface area (Å²) in [6, 6.07) is 13.5. The van der Waals surface area contributed by atoms with E-state index in [2.05, 4.69) is 10.6 Å². The number of hydrogen-bond acceptors (Lipinski definition) is 3. The highest BCUT2D eigenvalue weighted by Gasteiger charge is 2.28.